The number of carbonyl (C=O) groups excluding carboxylic acids is 2. The van der Waals surface area contributed by atoms with Crippen molar-refractivity contribution in [2.24, 2.45) is 0 Å². The van der Waals surface area contributed by atoms with Gasteiger partial charge in [-0.25, -0.2) is 9.59 Å². The summed E-state index contributed by atoms with van der Waals surface area (Å²) in [5.74, 6) is -1.61. The van der Waals surface area contributed by atoms with Crippen molar-refractivity contribution in [1.29, 1.82) is 0 Å². The van der Waals surface area contributed by atoms with Gasteiger partial charge in [-0.2, -0.15) is 0 Å². The van der Waals surface area contributed by atoms with E-state index in [2.05, 4.69) is 10.6 Å². The van der Waals surface area contributed by atoms with E-state index < -0.39 is 30.0 Å². The van der Waals surface area contributed by atoms with Crippen LogP contribution in [-0.2, 0) is 16.0 Å². The molecule has 0 aromatic heterocycles. The zero-order valence-electron chi connectivity index (χ0n) is 19.2. The van der Waals surface area contributed by atoms with E-state index in [0.29, 0.717) is 30.8 Å². The fraction of sp³-hybridized carbons (Fsp3) is 0.222. The lowest BCUT2D eigenvalue weighted by Gasteiger charge is -2.26. The van der Waals surface area contributed by atoms with Gasteiger partial charge in [-0.3, -0.25) is 4.79 Å². The molecular formula is C27H28N4O4. The number of nitrogen functional groups attached to an aromatic ring is 1. The number of rotatable bonds is 7. The van der Waals surface area contributed by atoms with Crippen LogP contribution in [0.3, 0.4) is 0 Å². The number of nitrogens with two attached hydrogens (primary N) is 1. The highest BCUT2D eigenvalue weighted by Gasteiger charge is 2.36. The Hall–Kier alpha value is -4.33. The molecule has 0 radical (unpaired) electrons. The van der Waals surface area contributed by atoms with Crippen LogP contribution in [0.1, 0.15) is 18.4 Å². The summed E-state index contributed by atoms with van der Waals surface area (Å²) >= 11 is 0. The number of carboxylic acid groups (broad SMARTS) is 1. The summed E-state index contributed by atoms with van der Waals surface area (Å²) < 4.78 is 0. The third-order valence-electron chi connectivity index (χ3n) is 6.10. The van der Waals surface area contributed by atoms with Crippen molar-refractivity contribution >= 4 is 29.3 Å². The summed E-state index contributed by atoms with van der Waals surface area (Å²) in [5.41, 5.74) is 9.48. The maximum Gasteiger partial charge on any atom is 0.326 e. The van der Waals surface area contributed by atoms with E-state index in [4.69, 9.17) is 5.73 Å². The Balaban J connectivity index is 1.45. The minimum absolute atomic E-state index is 0.116. The number of nitrogens with zero attached hydrogens (tertiary/aromatic N) is 1. The van der Waals surface area contributed by atoms with Gasteiger partial charge in [0.25, 0.3) is 0 Å². The minimum Gasteiger partial charge on any atom is -0.480 e. The molecule has 0 unspecified atom stereocenters. The Labute approximate surface area is 203 Å². The molecule has 35 heavy (non-hydrogen) atoms. The number of anilines is 2. The number of carbonyl (C=O) groups is 3. The van der Waals surface area contributed by atoms with Gasteiger partial charge in [0.05, 0.1) is 5.69 Å². The van der Waals surface area contributed by atoms with Crippen LogP contribution in [0.4, 0.5) is 16.2 Å². The topological polar surface area (TPSA) is 125 Å². The molecule has 1 aliphatic heterocycles. The van der Waals surface area contributed by atoms with Gasteiger partial charge in [-0.1, -0.05) is 60.7 Å². The normalized spacial score (nSPS) is 15.9. The Morgan fingerprint density at radius 1 is 0.971 bits per heavy atom. The van der Waals surface area contributed by atoms with Crippen molar-refractivity contribution in [3.05, 3.63) is 84.4 Å². The first kappa shape index (κ1) is 23.8. The molecule has 0 saturated carbocycles. The van der Waals surface area contributed by atoms with Gasteiger partial charge in [-0.15, -0.1) is 0 Å². The van der Waals surface area contributed by atoms with E-state index in [9.17, 15) is 19.5 Å². The second-order valence-electron chi connectivity index (χ2n) is 8.54. The molecule has 8 nitrogen and oxygen atoms in total. The van der Waals surface area contributed by atoms with Crippen LogP contribution in [0.15, 0.2) is 78.9 Å². The largest absolute Gasteiger partial charge is 0.480 e. The van der Waals surface area contributed by atoms with Gasteiger partial charge in [0, 0.05) is 24.2 Å². The Bertz CT molecular complexity index is 1200. The van der Waals surface area contributed by atoms with Crippen LogP contribution in [0, 0.1) is 0 Å². The predicted octanol–water partition coefficient (Wildman–Crippen LogP) is 3.74. The van der Waals surface area contributed by atoms with Crippen LogP contribution in [0.2, 0.25) is 0 Å². The third-order valence-corrected chi connectivity index (χ3v) is 6.10. The van der Waals surface area contributed by atoms with Crippen molar-refractivity contribution in [2.75, 3.05) is 17.6 Å². The zero-order chi connectivity index (χ0) is 24.8. The molecule has 180 valence electrons. The second-order valence-corrected chi connectivity index (χ2v) is 8.54. The first-order valence-electron chi connectivity index (χ1n) is 11.5. The molecule has 2 atom stereocenters. The first-order chi connectivity index (χ1) is 16.9. The summed E-state index contributed by atoms with van der Waals surface area (Å²) in [4.78, 5) is 39.5. The van der Waals surface area contributed by atoms with Gasteiger partial charge >= 0.3 is 12.0 Å². The Kier molecular flexibility index (Phi) is 7.30. The monoisotopic (exact) mass is 472 g/mol. The van der Waals surface area contributed by atoms with Crippen LogP contribution in [0.25, 0.3) is 11.1 Å². The smallest absolute Gasteiger partial charge is 0.326 e. The second kappa shape index (κ2) is 10.7. The third kappa shape index (κ3) is 5.78. The highest BCUT2D eigenvalue weighted by atomic mass is 16.4. The number of carboxylic acids is 1. The van der Waals surface area contributed by atoms with Crippen LogP contribution < -0.4 is 16.4 Å². The van der Waals surface area contributed by atoms with E-state index in [1.54, 1.807) is 24.3 Å². The first-order valence-corrected chi connectivity index (χ1v) is 11.5. The highest BCUT2D eigenvalue weighted by Crippen LogP contribution is 2.28. The molecular weight excluding hydrogens is 444 g/mol. The van der Waals surface area contributed by atoms with E-state index in [0.717, 1.165) is 16.7 Å². The molecule has 8 heteroatoms. The lowest BCUT2D eigenvalue weighted by Crippen LogP contribution is -2.52. The predicted molar refractivity (Wildman–Crippen MR) is 135 cm³/mol. The number of aliphatic carboxylic acids is 1. The van der Waals surface area contributed by atoms with E-state index in [1.807, 2.05) is 54.6 Å². The van der Waals surface area contributed by atoms with Crippen LogP contribution in [-0.4, -0.2) is 46.5 Å². The number of nitrogens with one attached hydrogen (secondary N) is 2. The highest BCUT2D eigenvalue weighted by molar-refractivity contribution is 5.98. The van der Waals surface area contributed by atoms with Crippen molar-refractivity contribution in [1.82, 2.24) is 10.2 Å². The number of para-hydroxylation sites is 1. The number of likely N-dealkylation sites (tertiary alicyclic amines) is 1. The standard InChI is InChI=1S/C27H28N4O4/c28-20-14-12-18(13-15-20)17-23(26(33)34)29-25(32)24-11-6-16-31(24)27(35)30-22-10-5-4-9-21(22)19-7-2-1-3-8-19/h1-5,7-10,12-15,23-24H,6,11,16-17,28H2,(H,29,32)(H,30,35)(H,33,34)/t23-,24-/m0/s1. The van der Waals surface area contributed by atoms with Gasteiger partial charge in [0.1, 0.15) is 12.1 Å². The fourth-order valence-electron chi connectivity index (χ4n) is 4.29. The molecule has 0 bridgehead atoms. The average molecular weight is 473 g/mol. The summed E-state index contributed by atoms with van der Waals surface area (Å²) in [6, 6.07) is 21.8. The van der Waals surface area contributed by atoms with Crippen LogP contribution >= 0.6 is 0 Å². The van der Waals surface area contributed by atoms with E-state index >= 15 is 0 Å². The molecule has 1 fully saturated rings. The molecule has 1 heterocycles. The van der Waals surface area contributed by atoms with Crippen LogP contribution in [0.5, 0.6) is 0 Å². The SMILES string of the molecule is Nc1ccc(C[C@H](NC(=O)[C@@H]2CCCN2C(=O)Nc2ccccc2-c2ccccc2)C(=O)O)cc1. The maximum absolute atomic E-state index is 13.2. The molecule has 1 saturated heterocycles. The Morgan fingerprint density at radius 3 is 2.37 bits per heavy atom. The van der Waals surface area contributed by atoms with Crippen molar-refractivity contribution in [3.63, 3.8) is 0 Å². The lowest BCUT2D eigenvalue weighted by molar-refractivity contribution is -0.142. The summed E-state index contributed by atoms with van der Waals surface area (Å²) in [7, 11) is 0. The average Bonchev–Trinajstić information content (AvgIpc) is 3.36. The molecule has 0 spiro atoms. The Morgan fingerprint density at radius 2 is 1.66 bits per heavy atom. The fourth-order valence-corrected chi connectivity index (χ4v) is 4.29. The van der Waals surface area contributed by atoms with Gasteiger partial charge in [0.15, 0.2) is 0 Å². The molecule has 3 aromatic rings. The number of hydrogen-bond acceptors (Lipinski definition) is 4. The quantitative estimate of drug-likeness (QED) is 0.390. The lowest BCUT2D eigenvalue weighted by atomic mass is 10.0. The van der Waals surface area contributed by atoms with E-state index in [-0.39, 0.29) is 6.42 Å². The number of urea groups is 1. The number of amides is 3. The molecule has 3 aromatic carbocycles. The summed E-state index contributed by atoms with van der Waals surface area (Å²) in [6.07, 6.45) is 1.24. The molecule has 4 rings (SSSR count). The number of benzene rings is 3. The van der Waals surface area contributed by atoms with Crippen molar-refractivity contribution in [2.45, 2.75) is 31.3 Å². The summed E-state index contributed by atoms with van der Waals surface area (Å²) in [5, 5.41) is 15.2. The number of hydrogen-bond donors (Lipinski definition) is 4. The minimum atomic E-state index is -1.14. The molecule has 5 N–H and O–H groups in total. The maximum atomic E-state index is 13.2. The molecule has 3 amide bonds. The van der Waals surface area contributed by atoms with Gasteiger partial charge in [0.2, 0.25) is 5.91 Å². The van der Waals surface area contributed by atoms with Gasteiger partial charge < -0.3 is 26.4 Å². The van der Waals surface area contributed by atoms with Crippen molar-refractivity contribution in [3.8, 4) is 11.1 Å². The summed E-state index contributed by atoms with van der Waals surface area (Å²) in [6.45, 7) is 0.410. The van der Waals surface area contributed by atoms with Gasteiger partial charge in [-0.05, 0) is 42.2 Å². The van der Waals surface area contributed by atoms with Crippen molar-refractivity contribution < 1.29 is 19.5 Å². The van der Waals surface area contributed by atoms with E-state index in [1.165, 1.54) is 4.90 Å². The zero-order valence-corrected chi connectivity index (χ0v) is 19.2. The molecule has 1 aliphatic rings. The molecule has 0 aliphatic carbocycles.